The predicted molar refractivity (Wildman–Crippen MR) is 53.6 cm³/mol. The molecule has 0 aliphatic heterocycles. The second-order valence-corrected chi connectivity index (χ2v) is 2.99. The van der Waals surface area contributed by atoms with Gasteiger partial charge in [0.1, 0.15) is 5.75 Å². The van der Waals surface area contributed by atoms with Crippen LogP contribution in [0.1, 0.15) is 5.69 Å². The topological polar surface area (TPSA) is 53.1 Å². The molecule has 0 aliphatic carbocycles. The highest BCUT2D eigenvalue weighted by Gasteiger charge is 2.04. The third kappa shape index (κ3) is 1.69. The van der Waals surface area contributed by atoms with Gasteiger partial charge in [0, 0.05) is 0 Å². The molecule has 4 heteroatoms. The molecule has 0 aliphatic rings. The van der Waals surface area contributed by atoms with Gasteiger partial charge in [0.2, 0.25) is 0 Å². The molecule has 72 valence electrons. The summed E-state index contributed by atoms with van der Waals surface area (Å²) in [5.41, 5.74) is 0.832. The lowest BCUT2D eigenvalue weighted by Gasteiger charge is -2.03. The third-order valence-corrected chi connectivity index (χ3v) is 1.77. The van der Waals surface area contributed by atoms with Crippen molar-refractivity contribution in [3.8, 4) is 11.8 Å². The normalized spacial score (nSPS) is 10.1. The van der Waals surface area contributed by atoms with Crippen LogP contribution in [0.3, 0.4) is 0 Å². The average Bonchev–Trinajstić information content (AvgIpc) is 2.47. The second-order valence-electron chi connectivity index (χ2n) is 2.99. The van der Waals surface area contributed by atoms with E-state index in [-0.39, 0.29) is 0 Å². The molecule has 0 atom stereocenters. The molecule has 0 saturated heterocycles. The quantitative estimate of drug-likeness (QED) is 0.731. The van der Waals surface area contributed by atoms with Crippen LogP contribution in [0, 0.1) is 6.92 Å². The monoisotopic (exact) mass is 189 g/mol. The molecular formula is C10H11N3O. The van der Waals surface area contributed by atoms with Crippen LogP contribution in [0.5, 0.6) is 11.8 Å². The molecule has 0 unspecified atom stereocenters. The fourth-order valence-electron chi connectivity index (χ4n) is 1.16. The second kappa shape index (κ2) is 3.41. The number of nitrogens with two attached hydrogens (primary N) is 1. The number of nitrogens with zero attached hydrogens (tertiary/aromatic N) is 2. The molecule has 2 rings (SSSR count). The predicted octanol–water partition coefficient (Wildman–Crippen LogP) is 1.70. The first kappa shape index (κ1) is 8.62. The summed E-state index contributed by atoms with van der Waals surface area (Å²) in [6.07, 6.45) is 1.71. The Kier molecular flexibility index (Phi) is 2.10. The standard InChI is InChI=1S/C10H11N3O/c1-8-7-13(11)10(12-8)14-9-5-3-2-4-6-9/h2-7H,11H2,1H3. The smallest absolute Gasteiger partial charge is 0.321 e. The zero-order valence-corrected chi connectivity index (χ0v) is 7.84. The number of aromatic nitrogens is 2. The SMILES string of the molecule is Cc1cn(N)c(Oc2ccccc2)n1. The van der Waals surface area contributed by atoms with E-state index in [0.29, 0.717) is 6.01 Å². The van der Waals surface area contributed by atoms with Gasteiger partial charge in [-0.15, -0.1) is 0 Å². The van der Waals surface area contributed by atoms with E-state index < -0.39 is 0 Å². The summed E-state index contributed by atoms with van der Waals surface area (Å²) < 4.78 is 6.82. The van der Waals surface area contributed by atoms with Gasteiger partial charge in [-0.3, -0.25) is 0 Å². The van der Waals surface area contributed by atoms with Gasteiger partial charge in [-0.2, -0.15) is 4.98 Å². The van der Waals surface area contributed by atoms with Crippen LogP contribution in [0.15, 0.2) is 36.5 Å². The molecule has 0 spiro atoms. The van der Waals surface area contributed by atoms with Gasteiger partial charge in [0.25, 0.3) is 0 Å². The maximum Gasteiger partial charge on any atom is 0.321 e. The first-order valence-corrected chi connectivity index (χ1v) is 4.29. The molecule has 1 aromatic heterocycles. The highest BCUT2D eigenvalue weighted by atomic mass is 16.5. The van der Waals surface area contributed by atoms with Crippen LogP contribution in [0.25, 0.3) is 0 Å². The zero-order chi connectivity index (χ0) is 9.97. The fraction of sp³-hybridized carbons (Fsp3) is 0.100. The van der Waals surface area contributed by atoms with Gasteiger partial charge in [-0.05, 0) is 19.1 Å². The van der Waals surface area contributed by atoms with Crippen molar-refractivity contribution in [1.82, 2.24) is 9.66 Å². The van der Waals surface area contributed by atoms with Gasteiger partial charge in [-0.1, -0.05) is 18.2 Å². The summed E-state index contributed by atoms with van der Waals surface area (Å²) in [5.74, 6) is 6.35. The first-order valence-electron chi connectivity index (χ1n) is 4.29. The molecule has 0 amide bonds. The Hall–Kier alpha value is -1.97. The van der Waals surface area contributed by atoms with E-state index >= 15 is 0 Å². The Labute approximate surface area is 81.9 Å². The van der Waals surface area contributed by atoms with E-state index in [1.165, 1.54) is 4.68 Å². The minimum atomic E-state index is 0.397. The molecule has 1 heterocycles. The lowest BCUT2D eigenvalue weighted by atomic mass is 10.3. The zero-order valence-electron chi connectivity index (χ0n) is 7.84. The Morgan fingerprint density at radius 1 is 1.29 bits per heavy atom. The molecule has 1 aromatic carbocycles. The van der Waals surface area contributed by atoms with E-state index in [9.17, 15) is 0 Å². The van der Waals surface area contributed by atoms with Crippen molar-refractivity contribution in [2.75, 3.05) is 5.84 Å². The molecule has 0 bridgehead atoms. The van der Waals surface area contributed by atoms with Crippen molar-refractivity contribution >= 4 is 0 Å². The summed E-state index contributed by atoms with van der Waals surface area (Å²) >= 11 is 0. The Morgan fingerprint density at radius 2 is 2.00 bits per heavy atom. The van der Waals surface area contributed by atoms with Gasteiger partial charge >= 0.3 is 6.01 Å². The number of imidazole rings is 1. The molecule has 0 radical (unpaired) electrons. The van der Waals surface area contributed by atoms with Crippen molar-refractivity contribution in [2.45, 2.75) is 6.92 Å². The van der Waals surface area contributed by atoms with Gasteiger partial charge < -0.3 is 10.6 Å². The maximum absolute atomic E-state index is 5.62. The van der Waals surface area contributed by atoms with E-state index in [2.05, 4.69) is 4.98 Å². The molecule has 2 N–H and O–H groups in total. The average molecular weight is 189 g/mol. The maximum atomic E-state index is 5.62. The first-order chi connectivity index (χ1) is 6.75. The fourth-order valence-corrected chi connectivity index (χ4v) is 1.16. The summed E-state index contributed by atoms with van der Waals surface area (Å²) in [4.78, 5) is 4.12. The van der Waals surface area contributed by atoms with Crippen molar-refractivity contribution in [1.29, 1.82) is 0 Å². The number of benzene rings is 1. The van der Waals surface area contributed by atoms with E-state index in [1.807, 2.05) is 37.3 Å². The van der Waals surface area contributed by atoms with Gasteiger partial charge in [0.15, 0.2) is 0 Å². The highest BCUT2D eigenvalue weighted by Crippen LogP contribution is 2.18. The minimum Gasteiger partial charge on any atom is -0.424 e. The van der Waals surface area contributed by atoms with Crippen molar-refractivity contribution in [3.63, 3.8) is 0 Å². The number of hydrogen-bond acceptors (Lipinski definition) is 3. The third-order valence-electron chi connectivity index (χ3n) is 1.77. The van der Waals surface area contributed by atoms with Crippen LogP contribution in [-0.4, -0.2) is 9.66 Å². The Balaban J connectivity index is 2.23. The molecule has 0 saturated carbocycles. The van der Waals surface area contributed by atoms with Crippen LogP contribution < -0.4 is 10.6 Å². The number of ether oxygens (including phenoxy) is 1. The number of aryl methyl sites for hydroxylation is 1. The largest absolute Gasteiger partial charge is 0.424 e. The summed E-state index contributed by atoms with van der Waals surface area (Å²) in [6.45, 7) is 1.86. The molecule has 14 heavy (non-hydrogen) atoms. The number of hydrogen-bond donors (Lipinski definition) is 1. The molecule has 0 fully saturated rings. The lowest BCUT2D eigenvalue weighted by molar-refractivity contribution is 0.430. The van der Waals surface area contributed by atoms with E-state index in [1.54, 1.807) is 6.20 Å². The Morgan fingerprint density at radius 3 is 2.57 bits per heavy atom. The summed E-state index contributed by atoms with van der Waals surface area (Å²) in [7, 11) is 0. The van der Waals surface area contributed by atoms with Crippen LogP contribution in [0.4, 0.5) is 0 Å². The summed E-state index contributed by atoms with van der Waals surface area (Å²) in [5, 5.41) is 0. The van der Waals surface area contributed by atoms with Crippen LogP contribution in [0.2, 0.25) is 0 Å². The van der Waals surface area contributed by atoms with Crippen molar-refractivity contribution < 1.29 is 4.74 Å². The van der Waals surface area contributed by atoms with Crippen LogP contribution >= 0.6 is 0 Å². The van der Waals surface area contributed by atoms with Gasteiger partial charge in [0.05, 0.1) is 11.9 Å². The van der Waals surface area contributed by atoms with Crippen molar-refractivity contribution in [2.24, 2.45) is 0 Å². The highest BCUT2D eigenvalue weighted by molar-refractivity contribution is 5.25. The van der Waals surface area contributed by atoms with Crippen molar-refractivity contribution in [3.05, 3.63) is 42.2 Å². The van der Waals surface area contributed by atoms with E-state index in [4.69, 9.17) is 10.6 Å². The van der Waals surface area contributed by atoms with E-state index in [0.717, 1.165) is 11.4 Å². The number of rotatable bonds is 2. The van der Waals surface area contributed by atoms with Crippen LogP contribution in [-0.2, 0) is 0 Å². The number of nitrogen functional groups attached to an aromatic ring is 1. The molecule has 4 nitrogen and oxygen atoms in total. The summed E-state index contributed by atoms with van der Waals surface area (Å²) in [6, 6.07) is 9.81. The lowest BCUT2D eigenvalue weighted by Crippen LogP contribution is -2.07. The molecular weight excluding hydrogens is 178 g/mol. The molecule has 2 aromatic rings. The minimum absolute atomic E-state index is 0.397. The Bertz CT molecular complexity index is 422. The van der Waals surface area contributed by atoms with Gasteiger partial charge in [-0.25, -0.2) is 4.68 Å². The number of para-hydroxylation sites is 1.